The maximum absolute atomic E-state index is 14.4. The van der Waals surface area contributed by atoms with E-state index in [4.69, 9.17) is 4.74 Å². The van der Waals surface area contributed by atoms with Gasteiger partial charge in [0, 0.05) is 26.1 Å². The molecule has 1 N–H and O–H groups in total. The Kier molecular flexibility index (Phi) is 3.58. The molecule has 88 valence electrons. The quantitative estimate of drug-likeness (QED) is 0.669. The number of hydrogen-bond donors (Lipinski definition) is 1. The lowest BCUT2D eigenvalue weighted by molar-refractivity contribution is -0.175. The van der Waals surface area contributed by atoms with Crippen LogP contribution < -0.4 is 5.32 Å². The zero-order valence-corrected chi connectivity index (χ0v) is 9.36. The molecule has 2 saturated heterocycles. The summed E-state index contributed by atoms with van der Waals surface area (Å²) < 4.78 is 24.3. The van der Waals surface area contributed by atoms with E-state index in [2.05, 4.69) is 10.1 Å². The molecular formula is C9H15ClFNO3. The van der Waals surface area contributed by atoms with Gasteiger partial charge in [0.25, 0.3) is 0 Å². The number of alkyl halides is 1. The zero-order chi connectivity index (χ0) is 10.2. The van der Waals surface area contributed by atoms with Gasteiger partial charge in [-0.3, -0.25) is 4.79 Å². The van der Waals surface area contributed by atoms with Gasteiger partial charge in [0.2, 0.25) is 0 Å². The highest BCUT2D eigenvalue weighted by Crippen LogP contribution is 2.45. The molecule has 0 spiro atoms. The second kappa shape index (κ2) is 4.23. The molecule has 0 radical (unpaired) electrons. The largest absolute Gasteiger partial charge is 0.468 e. The van der Waals surface area contributed by atoms with Crippen molar-refractivity contribution in [3.05, 3.63) is 0 Å². The number of rotatable bonds is 1. The lowest BCUT2D eigenvalue weighted by Gasteiger charge is -2.40. The van der Waals surface area contributed by atoms with E-state index in [9.17, 15) is 9.18 Å². The highest BCUT2D eigenvalue weighted by Gasteiger charge is 2.63. The molecule has 2 heterocycles. The van der Waals surface area contributed by atoms with Gasteiger partial charge < -0.3 is 14.8 Å². The minimum absolute atomic E-state index is 0. The van der Waals surface area contributed by atoms with Crippen molar-refractivity contribution in [3.8, 4) is 0 Å². The smallest absolute Gasteiger partial charge is 0.318 e. The van der Waals surface area contributed by atoms with Crippen molar-refractivity contribution in [2.24, 2.45) is 5.41 Å². The van der Waals surface area contributed by atoms with Crippen molar-refractivity contribution < 1.29 is 18.7 Å². The van der Waals surface area contributed by atoms with E-state index >= 15 is 0 Å². The molecule has 0 aliphatic carbocycles. The van der Waals surface area contributed by atoms with E-state index in [1.54, 1.807) is 0 Å². The molecule has 2 aliphatic heterocycles. The van der Waals surface area contributed by atoms with Crippen LogP contribution in [0.5, 0.6) is 0 Å². The number of methoxy groups -OCH3 is 1. The Balaban J connectivity index is 0.00000112. The van der Waals surface area contributed by atoms with Gasteiger partial charge in [0.1, 0.15) is 11.1 Å². The van der Waals surface area contributed by atoms with Gasteiger partial charge in [-0.1, -0.05) is 0 Å². The predicted octanol–water partition coefficient (Wildman–Crippen LogP) is 0.299. The topological polar surface area (TPSA) is 47.6 Å². The van der Waals surface area contributed by atoms with Crippen molar-refractivity contribution in [1.82, 2.24) is 5.32 Å². The van der Waals surface area contributed by atoms with Crippen LogP contribution in [0.3, 0.4) is 0 Å². The first-order valence-electron chi connectivity index (χ1n) is 4.70. The fourth-order valence-corrected chi connectivity index (χ4v) is 2.30. The van der Waals surface area contributed by atoms with Crippen molar-refractivity contribution in [3.63, 3.8) is 0 Å². The summed E-state index contributed by atoms with van der Waals surface area (Å²) in [6, 6.07) is 0. The summed E-state index contributed by atoms with van der Waals surface area (Å²) in [4.78, 5) is 11.6. The normalized spacial score (nSPS) is 39.1. The van der Waals surface area contributed by atoms with Crippen LogP contribution in [0.25, 0.3) is 0 Å². The Morgan fingerprint density at radius 3 is 2.93 bits per heavy atom. The van der Waals surface area contributed by atoms with Crippen LogP contribution >= 0.6 is 12.4 Å². The van der Waals surface area contributed by atoms with Crippen LogP contribution in [0.1, 0.15) is 6.42 Å². The fourth-order valence-electron chi connectivity index (χ4n) is 2.30. The van der Waals surface area contributed by atoms with Gasteiger partial charge >= 0.3 is 5.97 Å². The second-order valence-electron chi connectivity index (χ2n) is 3.95. The summed E-state index contributed by atoms with van der Waals surface area (Å²) in [5.74, 6) is -0.510. The third-order valence-electron chi connectivity index (χ3n) is 3.26. The maximum Gasteiger partial charge on any atom is 0.318 e. The highest BCUT2D eigenvalue weighted by molar-refractivity contribution is 5.85. The van der Waals surface area contributed by atoms with Crippen molar-refractivity contribution in [1.29, 1.82) is 0 Å². The standard InChI is InChI=1S/C9H14FNO3.ClH/c1-13-7(12)8-4-11-5-9(8,10)2-3-14-6-8;/h11H,2-6H2,1H3;1H/t8-,9+;/m0./s1. The first-order valence-corrected chi connectivity index (χ1v) is 4.70. The summed E-state index contributed by atoms with van der Waals surface area (Å²) >= 11 is 0. The number of fused-ring (bicyclic) bond motifs is 1. The fraction of sp³-hybridized carbons (Fsp3) is 0.889. The van der Waals surface area contributed by atoms with Crippen LogP contribution in [0.2, 0.25) is 0 Å². The number of esters is 1. The highest BCUT2D eigenvalue weighted by atomic mass is 35.5. The Labute approximate surface area is 93.9 Å². The van der Waals surface area contributed by atoms with Crippen LogP contribution in [0.4, 0.5) is 4.39 Å². The van der Waals surface area contributed by atoms with Gasteiger partial charge in [0.05, 0.1) is 13.7 Å². The summed E-state index contributed by atoms with van der Waals surface area (Å²) in [5.41, 5.74) is -2.63. The summed E-state index contributed by atoms with van der Waals surface area (Å²) in [6.45, 7) is 1.00. The maximum atomic E-state index is 14.4. The summed E-state index contributed by atoms with van der Waals surface area (Å²) in [6.07, 6.45) is 0.259. The van der Waals surface area contributed by atoms with Crippen molar-refractivity contribution in [2.45, 2.75) is 12.1 Å². The third kappa shape index (κ3) is 1.62. The van der Waals surface area contributed by atoms with Crippen molar-refractivity contribution >= 4 is 18.4 Å². The SMILES string of the molecule is COC(=O)[C@@]12CNC[C@]1(F)CCOC2.Cl. The average Bonchev–Trinajstić information content (AvgIpc) is 2.55. The van der Waals surface area contributed by atoms with Gasteiger partial charge in [-0.05, 0) is 0 Å². The second-order valence-corrected chi connectivity index (χ2v) is 3.95. The number of ether oxygens (including phenoxy) is 2. The van der Waals surface area contributed by atoms with E-state index in [-0.39, 0.29) is 32.0 Å². The summed E-state index contributed by atoms with van der Waals surface area (Å²) in [7, 11) is 1.28. The van der Waals surface area contributed by atoms with E-state index in [1.165, 1.54) is 7.11 Å². The van der Waals surface area contributed by atoms with E-state index < -0.39 is 17.1 Å². The molecule has 15 heavy (non-hydrogen) atoms. The predicted molar refractivity (Wildman–Crippen MR) is 53.8 cm³/mol. The molecule has 2 atom stereocenters. The molecule has 0 unspecified atom stereocenters. The zero-order valence-electron chi connectivity index (χ0n) is 8.55. The molecule has 0 aromatic rings. The number of hydrogen-bond acceptors (Lipinski definition) is 4. The molecule has 0 bridgehead atoms. The molecule has 0 amide bonds. The molecule has 0 aromatic heterocycles. The Morgan fingerprint density at radius 1 is 1.53 bits per heavy atom. The molecule has 6 heteroatoms. The van der Waals surface area contributed by atoms with Crippen LogP contribution in [0.15, 0.2) is 0 Å². The van der Waals surface area contributed by atoms with Crippen LogP contribution in [0, 0.1) is 5.41 Å². The third-order valence-corrected chi connectivity index (χ3v) is 3.26. The van der Waals surface area contributed by atoms with Gasteiger partial charge in [-0.25, -0.2) is 4.39 Å². The van der Waals surface area contributed by atoms with Crippen molar-refractivity contribution in [2.75, 3.05) is 33.4 Å². The minimum atomic E-state index is -1.50. The monoisotopic (exact) mass is 239 g/mol. The van der Waals surface area contributed by atoms with E-state index in [0.29, 0.717) is 13.2 Å². The van der Waals surface area contributed by atoms with Crippen LogP contribution in [-0.4, -0.2) is 45.1 Å². The molecule has 0 aromatic carbocycles. The molecule has 4 nitrogen and oxygen atoms in total. The minimum Gasteiger partial charge on any atom is -0.468 e. The Bertz CT molecular complexity index is 266. The molecule has 0 saturated carbocycles. The number of nitrogens with one attached hydrogen (secondary N) is 1. The number of carbonyl (C=O) groups is 1. The van der Waals surface area contributed by atoms with Gasteiger partial charge in [-0.15, -0.1) is 12.4 Å². The first kappa shape index (κ1) is 12.7. The average molecular weight is 240 g/mol. The van der Waals surface area contributed by atoms with Gasteiger partial charge in [-0.2, -0.15) is 0 Å². The van der Waals surface area contributed by atoms with Gasteiger partial charge in [0.15, 0.2) is 0 Å². The lowest BCUT2D eigenvalue weighted by Crippen LogP contribution is -2.56. The first-order chi connectivity index (χ1) is 6.65. The van der Waals surface area contributed by atoms with E-state index in [1.807, 2.05) is 0 Å². The Hall–Kier alpha value is -0.390. The summed E-state index contributed by atoms with van der Waals surface area (Å²) in [5, 5.41) is 2.90. The number of halogens is 2. The molecular weight excluding hydrogens is 225 g/mol. The number of carbonyl (C=O) groups excluding carboxylic acids is 1. The Morgan fingerprint density at radius 2 is 2.27 bits per heavy atom. The van der Waals surface area contributed by atoms with E-state index in [0.717, 1.165) is 0 Å². The lowest BCUT2D eigenvalue weighted by atomic mass is 9.73. The molecule has 2 aliphatic rings. The molecule has 2 fully saturated rings. The molecule has 2 rings (SSSR count). The van der Waals surface area contributed by atoms with Crippen LogP contribution in [-0.2, 0) is 14.3 Å².